The molecule has 0 atom stereocenters. The van der Waals surface area contributed by atoms with Crippen LogP contribution in [0.1, 0.15) is 32.3 Å². The van der Waals surface area contributed by atoms with E-state index in [4.69, 9.17) is 0 Å². The molecule has 0 aromatic carbocycles. The number of nitrogens with one attached hydrogen (secondary N) is 1. The smallest absolute Gasteiger partial charge is 0.0766 e. The van der Waals surface area contributed by atoms with Crippen molar-refractivity contribution >= 4 is 27.3 Å². The number of halogens is 1. The number of hydrogen-bond donors (Lipinski definition) is 2. The van der Waals surface area contributed by atoms with E-state index in [2.05, 4.69) is 32.7 Å². The zero-order valence-electron chi connectivity index (χ0n) is 9.22. The summed E-state index contributed by atoms with van der Waals surface area (Å²) in [6, 6.07) is 2.11. The van der Waals surface area contributed by atoms with E-state index in [0.717, 1.165) is 23.2 Å². The minimum Gasteiger partial charge on any atom is -0.389 e. The summed E-state index contributed by atoms with van der Waals surface area (Å²) in [5.41, 5.74) is 0.717. The van der Waals surface area contributed by atoms with E-state index in [1.165, 1.54) is 5.56 Å². The molecule has 0 saturated heterocycles. The van der Waals surface area contributed by atoms with Gasteiger partial charge in [0.1, 0.15) is 0 Å². The van der Waals surface area contributed by atoms with Crippen LogP contribution in [-0.2, 0) is 6.54 Å². The van der Waals surface area contributed by atoms with E-state index in [9.17, 15) is 5.11 Å². The van der Waals surface area contributed by atoms with Crippen molar-refractivity contribution in [3.63, 3.8) is 0 Å². The van der Waals surface area contributed by atoms with Gasteiger partial charge in [0.25, 0.3) is 0 Å². The van der Waals surface area contributed by atoms with Crippen molar-refractivity contribution in [2.75, 3.05) is 6.54 Å². The quantitative estimate of drug-likeness (QED) is 0.844. The molecule has 0 amide bonds. The minimum absolute atomic E-state index is 0.548. The summed E-state index contributed by atoms with van der Waals surface area (Å²) in [5.74, 6) is 0. The highest BCUT2D eigenvalue weighted by Crippen LogP contribution is 2.20. The topological polar surface area (TPSA) is 32.3 Å². The van der Waals surface area contributed by atoms with Gasteiger partial charge in [0.15, 0.2) is 0 Å². The summed E-state index contributed by atoms with van der Waals surface area (Å²) < 4.78 is 1.15. The first-order valence-electron chi connectivity index (χ1n) is 5.25. The second kappa shape index (κ2) is 5.99. The molecule has 15 heavy (non-hydrogen) atoms. The van der Waals surface area contributed by atoms with Crippen molar-refractivity contribution in [1.82, 2.24) is 5.32 Å². The molecule has 0 radical (unpaired) electrons. The lowest BCUT2D eigenvalue weighted by Gasteiger charge is -2.25. The molecule has 1 aromatic heterocycles. The van der Waals surface area contributed by atoms with Crippen molar-refractivity contribution in [3.05, 3.63) is 20.8 Å². The molecule has 0 aliphatic carbocycles. The van der Waals surface area contributed by atoms with Crippen LogP contribution >= 0.6 is 27.3 Å². The van der Waals surface area contributed by atoms with E-state index in [0.29, 0.717) is 6.54 Å². The van der Waals surface area contributed by atoms with Gasteiger partial charge in [0, 0.05) is 13.1 Å². The Morgan fingerprint density at radius 2 is 2.13 bits per heavy atom. The summed E-state index contributed by atoms with van der Waals surface area (Å²) in [6.45, 7) is 5.52. The van der Waals surface area contributed by atoms with Gasteiger partial charge in [-0.1, -0.05) is 13.8 Å². The highest BCUT2D eigenvalue weighted by Gasteiger charge is 2.20. The van der Waals surface area contributed by atoms with Crippen LogP contribution in [0.4, 0.5) is 0 Å². The lowest BCUT2D eigenvalue weighted by Crippen LogP contribution is -2.39. The summed E-state index contributed by atoms with van der Waals surface area (Å²) >= 11 is 5.12. The summed E-state index contributed by atoms with van der Waals surface area (Å²) in [4.78, 5) is 0. The SMILES string of the molecule is CCC(O)(CC)CNCc1csc(Br)c1. The predicted octanol–water partition coefficient (Wildman–Crippen LogP) is 3.15. The Bertz CT molecular complexity index is 297. The van der Waals surface area contributed by atoms with Gasteiger partial charge in [0.2, 0.25) is 0 Å². The van der Waals surface area contributed by atoms with Crippen LogP contribution in [0.5, 0.6) is 0 Å². The Kier molecular flexibility index (Phi) is 5.26. The van der Waals surface area contributed by atoms with Crippen molar-refractivity contribution in [2.24, 2.45) is 0 Å². The lowest BCUT2D eigenvalue weighted by molar-refractivity contribution is 0.0323. The van der Waals surface area contributed by atoms with Crippen molar-refractivity contribution < 1.29 is 5.11 Å². The maximum Gasteiger partial charge on any atom is 0.0766 e. The van der Waals surface area contributed by atoms with E-state index < -0.39 is 5.60 Å². The van der Waals surface area contributed by atoms with Crippen LogP contribution < -0.4 is 5.32 Å². The van der Waals surface area contributed by atoms with Crippen LogP contribution in [0.15, 0.2) is 15.2 Å². The molecule has 0 aliphatic heterocycles. The maximum absolute atomic E-state index is 10.0. The molecule has 0 fully saturated rings. The number of hydrogen-bond acceptors (Lipinski definition) is 3. The van der Waals surface area contributed by atoms with E-state index in [1.807, 2.05) is 13.8 Å². The molecule has 1 aromatic rings. The molecular weight excluding hydrogens is 274 g/mol. The third-order valence-electron chi connectivity index (χ3n) is 2.72. The van der Waals surface area contributed by atoms with Gasteiger partial charge >= 0.3 is 0 Å². The van der Waals surface area contributed by atoms with Gasteiger partial charge in [0.05, 0.1) is 9.39 Å². The summed E-state index contributed by atoms with van der Waals surface area (Å²) in [6.07, 6.45) is 1.59. The van der Waals surface area contributed by atoms with Crippen molar-refractivity contribution in [3.8, 4) is 0 Å². The van der Waals surface area contributed by atoms with Gasteiger partial charge in [-0.15, -0.1) is 11.3 Å². The van der Waals surface area contributed by atoms with E-state index in [-0.39, 0.29) is 0 Å². The molecule has 2 nitrogen and oxygen atoms in total. The van der Waals surface area contributed by atoms with E-state index in [1.54, 1.807) is 11.3 Å². The van der Waals surface area contributed by atoms with Crippen LogP contribution in [0.2, 0.25) is 0 Å². The second-order valence-corrected chi connectivity index (χ2v) is 6.08. The predicted molar refractivity (Wildman–Crippen MR) is 69.3 cm³/mol. The molecule has 0 unspecified atom stereocenters. The molecule has 4 heteroatoms. The van der Waals surface area contributed by atoms with Gasteiger partial charge in [-0.2, -0.15) is 0 Å². The monoisotopic (exact) mass is 291 g/mol. The number of aliphatic hydroxyl groups is 1. The van der Waals surface area contributed by atoms with Crippen molar-refractivity contribution in [1.29, 1.82) is 0 Å². The molecule has 0 saturated carbocycles. The molecule has 0 bridgehead atoms. The van der Waals surface area contributed by atoms with Crippen LogP contribution in [-0.4, -0.2) is 17.3 Å². The fraction of sp³-hybridized carbons (Fsp3) is 0.636. The normalized spacial score (nSPS) is 12.0. The largest absolute Gasteiger partial charge is 0.389 e. The first-order valence-corrected chi connectivity index (χ1v) is 6.93. The maximum atomic E-state index is 10.0. The van der Waals surface area contributed by atoms with Crippen LogP contribution in [0, 0.1) is 0 Å². The molecule has 0 spiro atoms. The first-order chi connectivity index (χ1) is 7.09. The molecule has 86 valence electrons. The van der Waals surface area contributed by atoms with Gasteiger partial charge in [-0.25, -0.2) is 0 Å². The highest BCUT2D eigenvalue weighted by molar-refractivity contribution is 9.11. The van der Waals surface area contributed by atoms with E-state index >= 15 is 0 Å². The zero-order chi connectivity index (χ0) is 11.3. The molecule has 1 rings (SSSR count). The Labute approximate surface area is 104 Å². The fourth-order valence-corrected chi connectivity index (χ4v) is 2.59. The Morgan fingerprint density at radius 3 is 2.60 bits per heavy atom. The lowest BCUT2D eigenvalue weighted by atomic mass is 9.97. The average molecular weight is 292 g/mol. The summed E-state index contributed by atoms with van der Waals surface area (Å²) in [7, 11) is 0. The third-order valence-corrected chi connectivity index (χ3v) is 4.27. The van der Waals surface area contributed by atoms with Crippen LogP contribution in [0.3, 0.4) is 0 Å². The molecule has 1 heterocycles. The number of thiophene rings is 1. The standard InChI is InChI=1S/C11H18BrNOS/c1-3-11(14,4-2)8-13-6-9-5-10(12)15-7-9/h5,7,13-14H,3-4,6,8H2,1-2H3. The minimum atomic E-state index is -0.548. The third kappa shape index (κ3) is 4.23. The Morgan fingerprint density at radius 1 is 1.47 bits per heavy atom. The Balaban J connectivity index is 2.32. The molecular formula is C11H18BrNOS. The van der Waals surface area contributed by atoms with Gasteiger partial charge in [-0.05, 0) is 45.8 Å². The molecule has 0 aliphatic rings. The second-order valence-electron chi connectivity index (χ2n) is 3.79. The fourth-order valence-electron chi connectivity index (χ4n) is 1.38. The first kappa shape index (κ1) is 13.2. The Hall–Kier alpha value is 0.100. The van der Waals surface area contributed by atoms with Crippen LogP contribution in [0.25, 0.3) is 0 Å². The molecule has 2 N–H and O–H groups in total. The van der Waals surface area contributed by atoms with Gasteiger partial charge < -0.3 is 10.4 Å². The van der Waals surface area contributed by atoms with Crippen molar-refractivity contribution in [2.45, 2.75) is 38.8 Å². The highest BCUT2D eigenvalue weighted by atomic mass is 79.9. The average Bonchev–Trinajstić information content (AvgIpc) is 2.64. The summed E-state index contributed by atoms with van der Waals surface area (Å²) in [5, 5.41) is 15.5. The van der Waals surface area contributed by atoms with Gasteiger partial charge in [-0.3, -0.25) is 0 Å². The number of rotatable bonds is 6. The zero-order valence-corrected chi connectivity index (χ0v) is 11.6.